The van der Waals surface area contributed by atoms with Crippen LogP contribution in [0.3, 0.4) is 0 Å². The smallest absolute Gasteiger partial charge is 0.425 e. The van der Waals surface area contributed by atoms with Gasteiger partial charge in [0.25, 0.3) is 11.5 Å². The number of pyridine rings is 1. The Bertz CT molecular complexity index is 1980. The molecule has 44 heavy (non-hydrogen) atoms. The van der Waals surface area contributed by atoms with Crippen LogP contribution in [0.1, 0.15) is 42.9 Å². The van der Waals surface area contributed by atoms with Gasteiger partial charge in [0.2, 0.25) is 24.4 Å². The maximum Gasteiger partial charge on any atom is 0.425 e. The van der Waals surface area contributed by atoms with Crippen molar-refractivity contribution in [1.29, 1.82) is 5.26 Å². The Morgan fingerprint density at radius 3 is 2.41 bits per heavy atom. The van der Waals surface area contributed by atoms with Gasteiger partial charge >= 0.3 is 29.7 Å². The summed E-state index contributed by atoms with van der Waals surface area (Å²) in [6.07, 6.45) is -1.39. The van der Waals surface area contributed by atoms with Crippen LogP contribution in [0, 0.1) is 17.1 Å². The minimum atomic E-state index is -1.71. The first-order chi connectivity index (χ1) is 21.0. The molecule has 3 heterocycles. The number of esters is 3. The molecule has 0 atom stereocenters. The molecule has 0 radical (unpaired) electrons. The fourth-order valence-corrected chi connectivity index (χ4v) is 3.90. The molecule has 0 aliphatic heterocycles. The van der Waals surface area contributed by atoms with Gasteiger partial charge in [0.05, 0.1) is 11.8 Å². The van der Waals surface area contributed by atoms with Gasteiger partial charge in [-0.05, 0) is 35.7 Å². The molecule has 1 aromatic carbocycles. The van der Waals surface area contributed by atoms with E-state index in [4.69, 9.17) is 9.47 Å². The Hall–Kier alpha value is -6.28. The Balaban J connectivity index is 1.60. The van der Waals surface area contributed by atoms with Gasteiger partial charge in [0.1, 0.15) is 16.5 Å². The lowest BCUT2D eigenvalue weighted by Crippen LogP contribution is -2.47. The molecular formula is C27H15FN4O11S. The third-order valence-electron chi connectivity index (χ3n) is 5.30. The molecule has 0 spiro atoms. The zero-order valence-corrected chi connectivity index (χ0v) is 22.9. The number of nitriles is 1. The first-order valence-corrected chi connectivity index (χ1v) is 12.8. The number of ether oxygens (including phenoxy) is 4. The summed E-state index contributed by atoms with van der Waals surface area (Å²) in [7, 11) is 0. The zero-order valence-electron chi connectivity index (χ0n) is 22.0. The van der Waals surface area contributed by atoms with E-state index in [0.29, 0.717) is 0 Å². The van der Waals surface area contributed by atoms with E-state index < -0.39 is 65.2 Å². The van der Waals surface area contributed by atoms with E-state index in [0.717, 1.165) is 36.5 Å². The number of carbonyl (C=O) groups is 5. The second-order valence-electron chi connectivity index (χ2n) is 8.19. The fraction of sp³-hybridized carbons (Fsp3) is 0.0741. The number of benzene rings is 1. The van der Waals surface area contributed by atoms with E-state index >= 15 is 0 Å². The summed E-state index contributed by atoms with van der Waals surface area (Å²) >= 11 is 1.11. The van der Waals surface area contributed by atoms with Crippen LogP contribution in [0.2, 0.25) is 0 Å². The molecule has 0 aliphatic carbocycles. The van der Waals surface area contributed by atoms with Gasteiger partial charge in [-0.25, -0.2) is 19.2 Å². The van der Waals surface area contributed by atoms with Crippen LogP contribution in [-0.4, -0.2) is 50.8 Å². The van der Waals surface area contributed by atoms with Crippen molar-refractivity contribution in [3.63, 3.8) is 0 Å². The average molecular weight is 622 g/mol. The SMILES string of the molecule is CC(=O)OCOC(=O)n1cc(F)c(=O)n(C(=O)c2cccc(C(=O)Oc3nc(OC(=O)c4cccs4)ccc3C#N)c2)c1=O. The van der Waals surface area contributed by atoms with Crippen molar-refractivity contribution in [2.45, 2.75) is 6.92 Å². The number of halogens is 1. The summed E-state index contributed by atoms with van der Waals surface area (Å²) < 4.78 is 33.3. The van der Waals surface area contributed by atoms with Crippen LogP contribution < -0.4 is 20.7 Å². The number of hydrogen-bond acceptors (Lipinski definition) is 14. The lowest BCUT2D eigenvalue weighted by Gasteiger charge is -2.10. The molecule has 0 amide bonds. The predicted molar refractivity (Wildman–Crippen MR) is 143 cm³/mol. The number of carbonyl (C=O) groups excluding carboxylic acids is 5. The van der Waals surface area contributed by atoms with Gasteiger partial charge in [-0.1, -0.05) is 12.1 Å². The van der Waals surface area contributed by atoms with Crippen LogP contribution in [-0.2, 0) is 14.3 Å². The number of aromatic nitrogens is 3. The van der Waals surface area contributed by atoms with Gasteiger partial charge in [-0.15, -0.1) is 11.3 Å². The van der Waals surface area contributed by atoms with Crippen LogP contribution >= 0.6 is 11.3 Å². The highest BCUT2D eigenvalue weighted by Gasteiger charge is 2.24. The van der Waals surface area contributed by atoms with E-state index in [1.54, 1.807) is 17.5 Å². The van der Waals surface area contributed by atoms with Gasteiger partial charge in [-0.3, -0.25) is 14.4 Å². The van der Waals surface area contributed by atoms with Crippen molar-refractivity contribution in [2.24, 2.45) is 0 Å². The van der Waals surface area contributed by atoms with Crippen LogP contribution in [0.15, 0.2) is 69.7 Å². The summed E-state index contributed by atoms with van der Waals surface area (Å²) in [4.78, 5) is 90.5. The van der Waals surface area contributed by atoms with Gasteiger partial charge in [0, 0.05) is 18.6 Å². The highest BCUT2D eigenvalue weighted by molar-refractivity contribution is 7.12. The Morgan fingerprint density at radius 1 is 0.977 bits per heavy atom. The number of thiophene rings is 1. The van der Waals surface area contributed by atoms with Crippen LogP contribution in [0.4, 0.5) is 9.18 Å². The molecule has 0 saturated heterocycles. The Morgan fingerprint density at radius 2 is 1.73 bits per heavy atom. The first kappa shape index (κ1) is 30.7. The van der Waals surface area contributed by atoms with Crippen molar-refractivity contribution in [3.05, 3.63) is 108 Å². The summed E-state index contributed by atoms with van der Waals surface area (Å²) in [5.74, 6) is -6.69. The zero-order chi connectivity index (χ0) is 32.0. The molecule has 15 nitrogen and oxygen atoms in total. The predicted octanol–water partition coefficient (Wildman–Crippen LogP) is 2.11. The van der Waals surface area contributed by atoms with E-state index in [2.05, 4.69) is 14.5 Å². The summed E-state index contributed by atoms with van der Waals surface area (Å²) in [5, 5.41) is 11.0. The molecule has 17 heteroatoms. The molecule has 0 unspecified atom stereocenters. The lowest BCUT2D eigenvalue weighted by atomic mass is 10.1. The van der Waals surface area contributed by atoms with E-state index in [9.17, 15) is 43.2 Å². The van der Waals surface area contributed by atoms with Crippen molar-refractivity contribution in [2.75, 3.05) is 6.79 Å². The van der Waals surface area contributed by atoms with Gasteiger partial charge in [-0.2, -0.15) is 23.8 Å². The number of hydrogen-bond donors (Lipinski definition) is 0. The summed E-state index contributed by atoms with van der Waals surface area (Å²) in [6, 6.07) is 11.6. The molecule has 0 bridgehead atoms. The van der Waals surface area contributed by atoms with Crippen molar-refractivity contribution in [1.82, 2.24) is 14.1 Å². The monoisotopic (exact) mass is 622 g/mol. The fourth-order valence-electron chi connectivity index (χ4n) is 3.31. The molecule has 0 aliphatic rings. The molecule has 0 fully saturated rings. The molecular weight excluding hydrogens is 607 g/mol. The van der Waals surface area contributed by atoms with Crippen LogP contribution in [0.5, 0.6) is 11.8 Å². The van der Waals surface area contributed by atoms with Crippen molar-refractivity contribution >= 4 is 41.2 Å². The maximum atomic E-state index is 14.3. The van der Waals surface area contributed by atoms with Gasteiger partial charge < -0.3 is 18.9 Å². The third-order valence-corrected chi connectivity index (χ3v) is 6.15. The molecule has 222 valence electrons. The van der Waals surface area contributed by atoms with Crippen molar-refractivity contribution in [3.8, 4) is 17.8 Å². The van der Waals surface area contributed by atoms with Crippen LogP contribution in [0.25, 0.3) is 0 Å². The standard InChI is InChI=1S/C27H15FN4O11S/c1-14(33)40-13-41-27(39)31-12-18(28)23(35)32(26(31)38)22(34)15-4-2-5-16(10-15)24(36)43-21-17(11-29)7-8-20(30-21)42-25(37)19-6-3-9-44-19/h2-10,12H,13H2,1H3. The second-order valence-corrected chi connectivity index (χ2v) is 9.14. The largest absolute Gasteiger partial charge is 0.428 e. The highest BCUT2D eigenvalue weighted by Crippen LogP contribution is 2.22. The molecule has 3 aromatic heterocycles. The van der Waals surface area contributed by atoms with E-state index in [-0.39, 0.29) is 37.2 Å². The van der Waals surface area contributed by atoms with Gasteiger partial charge in [0.15, 0.2) is 0 Å². The Kier molecular flexibility index (Phi) is 9.16. The normalized spacial score (nSPS) is 10.3. The highest BCUT2D eigenvalue weighted by atomic mass is 32.1. The molecule has 4 rings (SSSR count). The number of nitrogens with zero attached hydrogens (tertiary/aromatic N) is 4. The quantitative estimate of drug-likeness (QED) is 0.214. The molecule has 0 saturated carbocycles. The minimum Gasteiger partial charge on any atom is -0.428 e. The lowest BCUT2D eigenvalue weighted by molar-refractivity contribution is -0.149. The topological polar surface area (TPSA) is 203 Å². The minimum absolute atomic E-state index is 0.0381. The number of rotatable bonds is 7. The molecule has 0 N–H and O–H groups in total. The molecule has 4 aromatic rings. The van der Waals surface area contributed by atoms with Crippen molar-refractivity contribution < 1.29 is 47.3 Å². The summed E-state index contributed by atoms with van der Waals surface area (Å²) in [6.45, 7) is 0.0599. The third kappa shape index (κ3) is 6.78. The maximum absolute atomic E-state index is 14.3. The van der Waals surface area contributed by atoms with E-state index in [1.807, 2.05) is 0 Å². The second kappa shape index (κ2) is 13.1. The average Bonchev–Trinajstić information content (AvgIpc) is 3.54. The first-order valence-electron chi connectivity index (χ1n) is 11.9. The van der Waals surface area contributed by atoms with E-state index in [1.165, 1.54) is 24.3 Å². The summed E-state index contributed by atoms with van der Waals surface area (Å²) in [5.41, 5.74) is -4.38. The Labute approximate surface area is 247 Å².